The van der Waals surface area contributed by atoms with E-state index in [1.165, 1.54) is 5.56 Å². The summed E-state index contributed by atoms with van der Waals surface area (Å²) >= 11 is 2.28. The third kappa shape index (κ3) is 3.81. The zero-order chi connectivity index (χ0) is 19.7. The van der Waals surface area contributed by atoms with Crippen LogP contribution in [0.15, 0.2) is 49.1 Å². The van der Waals surface area contributed by atoms with Crippen LogP contribution in [0.4, 0.5) is 5.69 Å². The summed E-state index contributed by atoms with van der Waals surface area (Å²) in [6.45, 7) is 12.9. The fourth-order valence-corrected chi connectivity index (χ4v) is 4.11. The van der Waals surface area contributed by atoms with Gasteiger partial charge in [0, 0.05) is 26.7 Å². The Morgan fingerprint density at radius 1 is 1.22 bits per heavy atom. The standard InChI is InChI=1S/C23H25IN2O/c1-6-11-26-21-10-7-17(14(2)3)13-19(21)16(5)22(26)23(27)25-20-9-8-18(24)12-15(20)4/h6-10,12-14H,1,11H2,2-5H3,(H,25,27). The van der Waals surface area contributed by atoms with Gasteiger partial charge < -0.3 is 9.88 Å². The van der Waals surface area contributed by atoms with Crippen LogP contribution in [0.2, 0.25) is 0 Å². The van der Waals surface area contributed by atoms with Gasteiger partial charge in [0.1, 0.15) is 5.69 Å². The molecule has 3 rings (SSSR count). The highest BCUT2D eigenvalue weighted by Crippen LogP contribution is 2.30. The maximum atomic E-state index is 13.2. The van der Waals surface area contributed by atoms with Crippen LogP contribution >= 0.6 is 22.6 Å². The van der Waals surface area contributed by atoms with Crippen LogP contribution in [0.1, 0.15) is 46.9 Å². The smallest absolute Gasteiger partial charge is 0.272 e. The van der Waals surface area contributed by atoms with Crippen LogP contribution in [-0.2, 0) is 6.54 Å². The zero-order valence-electron chi connectivity index (χ0n) is 16.3. The van der Waals surface area contributed by atoms with Crippen LogP contribution in [0.5, 0.6) is 0 Å². The number of nitrogens with one attached hydrogen (secondary N) is 1. The number of amides is 1. The van der Waals surface area contributed by atoms with Gasteiger partial charge in [0.25, 0.3) is 5.91 Å². The molecule has 2 aromatic carbocycles. The van der Waals surface area contributed by atoms with Crippen molar-refractivity contribution in [3.05, 3.63) is 75.0 Å². The quantitative estimate of drug-likeness (QED) is 0.337. The van der Waals surface area contributed by atoms with Crippen LogP contribution < -0.4 is 5.32 Å². The van der Waals surface area contributed by atoms with Crippen LogP contribution in [0, 0.1) is 17.4 Å². The van der Waals surface area contributed by atoms with Crippen molar-refractivity contribution in [1.82, 2.24) is 4.57 Å². The van der Waals surface area contributed by atoms with Gasteiger partial charge in [0.15, 0.2) is 0 Å². The van der Waals surface area contributed by atoms with Gasteiger partial charge >= 0.3 is 0 Å². The zero-order valence-corrected chi connectivity index (χ0v) is 18.4. The van der Waals surface area contributed by atoms with Crippen molar-refractivity contribution < 1.29 is 4.79 Å². The first-order valence-electron chi connectivity index (χ1n) is 9.14. The maximum Gasteiger partial charge on any atom is 0.272 e. The number of hydrogen-bond donors (Lipinski definition) is 1. The molecule has 140 valence electrons. The number of anilines is 1. The number of aromatic nitrogens is 1. The van der Waals surface area contributed by atoms with Crippen molar-refractivity contribution in [3.63, 3.8) is 0 Å². The topological polar surface area (TPSA) is 34.0 Å². The fraction of sp³-hybridized carbons (Fsp3) is 0.261. The minimum Gasteiger partial charge on any atom is -0.332 e. The maximum absolute atomic E-state index is 13.2. The normalized spacial score (nSPS) is 11.2. The number of rotatable bonds is 5. The number of hydrogen-bond acceptors (Lipinski definition) is 1. The van der Waals surface area contributed by atoms with Crippen molar-refractivity contribution >= 4 is 45.1 Å². The summed E-state index contributed by atoms with van der Waals surface area (Å²) in [6.07, 6.45) is 1.84. The number of benzene rings is 2. The number of carbonyl (C=O) groups is 1. The first kappa shape index (κ1) is 19.7. The number of fused-ring (bicyclic) bond motifs is 1. The Labute approximate surface area is 174 Å². The lowest BCUT2D eigenvalue weighted by molar-refractivity contribution is 0.101. The van der Waals surface area contributed by atoms with Crippen molar-refractivity contribution in [3.8, 4) is 0 Å². The Morgan fingerprint density at radius 3 is 2.59 bits per heavy atom. The molecular formula is C23H25IN2O. The van der Waals surface area contributed by atoms with Gasteiger partial charge in [-0.05, 0) is 89.4 Å². The first-order chi connectivity index (χ1) is 12.8. The van der Waals surface area contributed by atoms with Crippen molar-refractivity contribution in [1.29, 1.82) is 0 Å². The molecule has 0 spiro atoms. The predicted octanol–water partition coefficient (Wildman–Crippen LogP) is 6.42. The van der Waals surface area contributed by atoms with E-state index in [1.54, 1.807) is 0 Å². The third-order valence-corrected chi connectivity index (χ3v) is 5.64. The lowest BCUT2D eigenvalue weighted by atomic mass is 10.0. The fourth-order valence-electron chi connectivity index (χ4n) is 3.46. The van der Waals surface area contributed by atoms with Gasteiger partial charge in [0.05, 0.1) is 0 Å². The molecule has 27 heavy (non-hydrogen) atoms. The molecule has 0 aliphatic carbocycles. The van der Waals surface area contributed by atoms with Gasteiger partial charge in [-0.1, -0.05) is 26.0 Å². The van der Waals surface area contributed by atoms with E-state index < -0.39 is 0 Å². The minimum atomic E-state index is -0.0824. The monoisotopic (exact) mass is 472 g/mol. The molecule has 0 atom stereocenters. The molecular weight excluding hydrogens is 447 g/mol. The van der Waals surface area contributed by atoms with Crippen LogP contribution in [0.3, 0.4) is 0 Å². The SMILES string of the molecule is C=CCn1c(C(=O)Nc2ccc(I)cc2C)c(C)c2cc(C(C)C)ccc21. The van der Waals surface area contributed by atoms with E-state index in [9.17, 15) is 4.79 Å². The van der Waals surface area contributed by atoms with E-state index in [0.29, 0.717) is 18.2 Å². The summed E-state index contributed by atoms with van der Waals surface area (Å²) in [4.78, 5) is 13.2. The minimum absolute atomic E-state index is 0.0824. The number of aryl methyl sites for hydroxylation is 2. The summed E-state index contributed by atoms with van der Waals surface area (Å²) in [5, 5.41) is 4.23. The molecule has 0 unspecified atom stereocenters. The molecule has 0 bridgehead atoms. The lowest BCUT2D eigenvalue weighted by Gasteiger charge is -2.12. The summed E-state index contributed by atoms with van der Waals surface area (Å²) in [7, 11) is 0. The molecule has 1 heterocycles. The molecule has 3 aromatic rings. The second kappa shape index (κ2) is 7.89. The van der Waals surface area contributed by atoms with Crippen LogP contribution in [0.25, 0.3) is 10.9 Å². The molecule has 1 amide bonds. The van der Waals surface area contributed by atoms with Crippen molar-refractivity contribution in [2.75, 3.05) is 5.32 Å². The van der Waals surface area contributed by atoms with E-state index >= 15 is 0 Å². The van der Waals surface area contributed by atoms with E-state index in [2.05, 4.69) is 77.2 Å². The Bertz CT molecular complexity index is 1030. The average Bonchev–Trinajstić information content (AvgIpc) is 2.89. The largest absolute Gasteiger partial charge is 0.332 e. The van der Waals surface area contributed by atoms with Gasteiger partial charge in [-0.15, -0.1) is 6.58 Å². The van der Waals surface area contributed by atoms with Gasteiger partial charge in [-0.25, -0.2) is 0 Å². The van der Waals surface area contributed by atoms with Gasteiger partial charge in [0.2, 0.25) is 0 Å². The molecule has 0 saturated heterocycles. The van der Waals surface area contributed by atoms with E-state index in [-0.39, 0.29) is 5.91 Å². The second-order valence-corrected chi connectivity index (χ2v) is 8.46. The van der Waals surface area contributed by atoms with Crippen LogP contribution in [-0.4, -0.2) is 10.5 Å². The summed E-state index contributed by atoms with van der Waals surface area (Å²) in [5.41, 5.74) is 5.96. The molecule has 0 saturated carbocycles. The van der Waals surface area contributed by atoms with Crippen molar-refractivity contribution in [2.45, 2.75) is 40.2 Å². The number of allylic oxidation sites excluding steroid dienone is 1. The highest BCUT2D eigenvalue weighted by atomic mass is 127. The Kier molecular flexibility index (Phi) is 5.75. The average molecular weight is 472 g/mol. The molecule has 0 aliphatic heterocycles. The Morgan fingerprint density at radius 2 is 1.96 bits per heavy atom. The first-order valence-corrected chi connectivity index (χ1v) is 10.2. The number of nitrogens with zero attached hydrogens (tertiary/aromatic N) is 1. The summed E-state index contributed by atoms with van der Waals surface area (Å²) < 4.78 is 3.21. The highest BCUT2D eigenvalue weighted by Gasteiger charge is 2.21. The number of halogens is 1. The van der Waals surface area contributed by atoms with Gasteiger partial charge in [-0.2, -0.15) is 0 Å². The van der Waals surface area contributed by atoms with Gasteiger partial charge in [-0.3, -0.25) is 4.79 Å². The molecule has 0 aliphatic rings. The summed E-state index contributed by atoms with van der Waals surface area (Å²) in [5.74, 6) is 0.365. The second-order valence-electron chi connectivity index (χ2n) is 7.22. The van der Waals surface area contributed by atoms with E-state index in [0.717, 1.165) is 31.3 Å². The van der Waals surface area contributed by atoms with E-state index in [1.807, 2.05) is 32.1 Å². The Balaban J connectivity index is 2.11. The Hall–Kier alpha value is -2.08. The summed E-state index contributed by atoms with van der Waals surface area (Å²) in [6, 6.07) is 12.5. The molecule has 1 aromatic heterocycles. The predicted molar refractivity (Wildman–Crippen MR) is 123 cm³/mol. The third-order valence-electron chi connectivity index (χ3n) is 4.97. The highest BCUT2D eigenvalue weighted by molar-refractivity contribution is 14.1. The van der Waals surface area contributed by atoms with E-state index in [4.69, 9.17) is 0 Å². The lowest BCUT2D eigenvalue weighted by Crippen LogP contribution is -2.18. The molecule has 1 N–H and O–H groups in total. The molecule has 0 radical (unpaired) electrons. The molecule has 4 heteroatoms. The number of carbonyl (C=O) groups excluding carboxylic acids is 1. The molecule has 3 nitrogen and oxygen atoms in total. The van der Waals surface area contributed by atoms with Crippen molar-refractivity contribution in [2.24, 2.45) is 0 Å². The molecule has 0 fully saturated rings.